The van der Waals surface area contributed by atoms with E-state index in [-0.39, 0.29) is 21.3 Å². The van der Waals surface area contributed by atoms with Gasteiger partial charge in [0.15, 0.2) is 0 Å². The lowest BCUT2D eigenvalue weighted by Crippen LogP contribution is -2.21. The van der Waals surface area contributed by atoms with E-state index in [1.807, 2.05) is 0 Å². The summed E-state index contributed by atoms with van der Waals surface area (Å²) in [5, 5.41) is 13.6. The zero-order chi connectivity index (χ0) is 29.4. The largest absolute Gasteiger partial charge is 0.490 e. The molecule has 0 spiro atoms. The standard InChI is InChI=1S/C19H17ClF3N5O2S2.C2HF3O2/c1-24-32(29,30)14-6-7-16(31-10-19(21,22)23)15(8-14)28-18-9-17(25-11-26-18)27-13-4-2-12(20)3-5-13;3-2(4,5)1(6)7/h2-9,11,24H,10H2,1H3,(H2,25,26,27,28);(H,6,7). The summed E-state index contributed by atoms with van der Waals surface area (Å²) in [7, 11) is -2.56. The van der Waals surface area contributed by atoms with Gasteiger partial charge in [-0.3, -0.25) is 0 Å². The number of halogens is 7. The van der Waals surface area contributed by atoms with Crippen molar-refractivity contribution in [3.8, 4) is 0 Å². The second-order valence-corrected chi connectivity index (χ2v) is 10.5. The number of rotatable bonds is 8. The predicted molar refractivity (Wildman–Crippen MR) is 133 cm³/mol. The summed E-state index contributed by atoms with van der Waals surface area (Å²) in [5.41, 5.74) is 0.870. The van der Waals surface area contributed by atoms with Crippen LogP contribution >= 0.6 is 23.4 Å². The lowest BCUT2D eigenvalue weighted by Gasteiger charge is -2.15. The number of carboxylic acid groups (broad SMARTS) is 1. The van der Waals surface area contributed by atoms with Crippen molar-refractivity contribution in [2.75, 3.05) is 23.4 Å². The topological polar surface area (TPSA) is 133 Å². The number of aromatic nitrogens is 2. The summed E-state index contributed by atoms with van der Waals surface area (Å²) in [6, 6.07) is 12.2. The molecule has 0 saturated heterocycles. The highest BCUT2D eigenvalue weighted by Gasteiger charge is 2.38. The van der Waals surface area contributed by atoms with E-state index in [2.05, 4.69) is 25.3 Å². The summed E-state index contributed by atoms with van der Waals surface area (Å²) in [5.74, 6) is -3.22. The molecule has 4 N–H and O–H groups in total. The molecule has 9 nitrogen and oxygen atoms in total. The van der Waals surface area contributed by atoms with Crippen molar-refractivity contribution in [3.05, 3.63) is 59.9 Å². The van der Waals surface area contributed by atoms with Crippen LogP contribution in [0.25, 0.3) is 0 Å². The van der Waals surface area contributed by atoms with Crippen LogP contribution in [0.5, 0.6) is 0 Å². The van der Waals surface area contributed by atoms with E-state index in [4.69, 9.17) is 21.5 Å². The highest BCUT2D eigenvalue weighted by atomic mass is 35.5. The monoisotopic (exact) mass is 617 g/mol. The van der Waals surface area contributed by atoms with Crippen molar-refractivity contribution >= 4 is 62.4 Å². The van der Waals surface area contributed by atoms with Gasteiger partial charge < -0.3 is 15.7 Å². The molecule has 3 rings (SSSR count). The minimum atomic E-state index is -5.08. The quantitative estimate of drug-likeness (QED) is 0.182. The average molecular weight is 618 g/mol. The number of anilines is 4. The van der Waals surface area contributed by atoms with Gasteiger partial charge in [0.1, 0.15) is 18.0 Å². The number of carbonyl (C=O) groups is 1. The third-order valence-electron chi connectivity index (χ3n) is 4.21. The van der Waals surface area contributed by atoms with Crippen LogP contribution in [0.3, 0.4) is 0 Å². The first-order valence-corrected chi connectivity index (χ1v) is 13.0. The number of sulfonamides is 1. The van der Waals surface area contributed by atoms with Gasteiger partial charge in [0.25, 0.3) is 0 Å². The number of nitrogens with one attached hydrogen (secondary N) is 3. The van der Waals surface area contributed by atoms with Crippen molar-refractivity contribution in [2.45, 2.75) is 22.1 Å². The molecule has 1 aromatic heterocycles. The summed E-state index contributed by atoms with van der Waals surface area (Å²) in [6.07, 6.45) is -8.21. The molecule has 0 fully saturated rings. The normalized spacial score (nSPS) is 11.8. The molecule has 212 valence electrons. The maximum Gasteiger partial charge on any atom is 0.490 e. The first kappa shape index (κ1) is 31.9. The van der Waals surface area contributed by atoms with E-state index in [0.717, 1.165) is 0 Å². The maximum atomic E-state index is 12.7. The van der Waals surface area contributed by atoms with Crippen LogP contribution in [-0.2, 0) is 14.8 Å². The molecule has 0 bridgehead atoms. The molecule has 0 aliphatic carbocycles. The average Bonchev–Trinajstić information content (AvgIpc) is 2.84. The van der Waals surface area contributed by atoms with Gasteiger partial charge in [0.2, 0.25) is 10.0 Å². The lowest BCUT2D eigenvalue weighted by atomic mass is 10.3. The van der Waals surface area contributed by atoms with Crippen LogP contribution in [-0.4, -0.2) is 54.6 Å². The maximum absolute atomic E-state index is 12.7. The highest BCUT2D eigenvalue weighted by Crippen LogP contribution is 2.35. The molecule has 1 heterocycles. The van der Waals surface area contributed by atoms with Gasteiger partial charge in [-0.15, -0.1) is 11.8 Å². The number of aliphatic carboxylic acids is 1. The van der Waals surface area contributed by atoms with E-state index in [9.17, 15) is 34.8 Å². The number of hydrogen-bond donors (Lipinski definition) is 4. The fraction of sp³-hybridized carbons (Fsp3) is 0.190. The third-order valence-corrected chi connectivity index (χ3v) is 7.01. The Bertz CT molecular complexity index is 1390. The summed E-state index contributed by atoms with van der Waals surface area (Å²) in [6.45, 7) is 0. The molecular formula is C21H18ClF6N5O4S2. The fourth-order valence-corrected chi connectivity index (χ4v) is 4.12. The van der Waals surface area contributed by atoms with Crippen LogP contribution < -0.4 is 15.4 Å². The Hall–Kier alpha value is -3.28. The summed E-state index contributed by atoms with van der Waals surface area (Å²) < 4.78 is 96.4. The van der Waals surface area contributed by atoms with Gasteiger partial charge in [-0.2, -0.15) is 26.3 Å². The molecule has 0 saturated carbocycles. The van der Waals surface area contributed by atoms with E-state index in [1.54, 1.807) is 24.3 Å². The summed E-state index contributed by atoms with van der Waals surface area (Å²) in [4.78, 5) is 17.2. The van der Waals surface area contributed by atoms with Crippen molar-refractivity contribution in [1.82, 2.24) is 14.7 Å². The number of hydrogen-bond acceptors (Lipinski definition) is 8. The second-order valence-electron chi connectivity index (χ2n) is 7.12. The number of alkyl halides is 6. The smallest absolute Gasteiger partial charge is 0.475 e. The molecule has 0 aliphatic heterocycles. The molecule has 0 atom stereocenters. The van der Waals surface area contributed by atoms with Gasteiger partial charge in [-0.1, -0.05) is 11.6 Å². The SMILES string of the molecule is CNS(=O)(=O)c1ccc(SCC(F)(F)F)c(Nc2cc(Nc3ccc(Cl)cc3)ncn2)c1.O=C(O)C(F)(F)F. The minimum Gasteiger partial charge on any atom is -0.475 e. The van der Waals surface area contributed by atoms with Crippen molar-refractivity contribution in [1.29, 1.82) is 0 Å². The Morgan fingerprint density at radius 1 is 0.974 bits per heavy atom. The Kier molecular flexibility index (Phi) is 10.8. The molecule has 0 unspecified atom stereocenters. The third kappa shape index (κ3) is 10.8. The van der Waals surface area contributed by atoms with Crippen LogP contribution in [0.1, 0.15) is 0 Å². The molecular weight excluding hydrogens is 600 g/mol. The van der Waals surface area contributed by atoms with Gasteiger partial charge in [-0.05, 0) is 49.5 Å². The molecule has 0 radical (unpaired) electrons. The van der Waals surface area contributed by atoms with Crippen molar-refractivity contribution in [2.24, 2.45) is 0 Å². The van der Waals surface area contributed by atoms with Crippen LogP contribution in [0, 0.1) is 0 Å². The zero-order valence-corrected chi connectivity index (χ0v) is 21.8. The van der Waals surface area contributed by atoms with Crippen LogP contribution in [0.15, 0.2) is 64.6 Å². The highest BCUT2D eigenvalue weighted by molar-refractivity contribution is 7.99. The first-order valence-electron chi connectivity index (χ1n) is 10.2. The van der Waals surface area contributed by atoms with Crippen molar-refractivity contribution < 1.29 is 44.7 Å². The van der Waals surface area contributed by atoms with E-state index >= 15 is 0 Å². The van der Waals surface area contributed by atoms with Crippen molar-refractivity contribution in [3.63, 3.8) is 0 Å². The molecule has 0 aliphatic rings. The van der Waals surface area contributed by atoms with Gasteiger partial charge in [0, 0.05) is 21.7 Å². The molecule has 18 heteroatoms. The minimum absolute atomic E-state index is 0.104. The van der Waals surface area contributed by atoms with E-state index in [0.29, 0.717) is 28.3 Å². The fourth-order valence-electron chi connectivity index (χ4n) is 2.49. The predicted octanol–water partition coefficient (Wildman–Crippen LogP) is 5.81. The summed E-state index contributed by atoms with van der Waals surface area (Å²) >= 11 is 6.41. The second kappa shape index (κ2) is 13.2. The zero-order valence-electron chi connectivity index (χ0n) is 19.4. The first-order chi connectivity index (χ1) is 18.0. The van der Waals surface area contributed by atoms with Crippen LogP contribution in [0.2, 0.25) is 5.02 Å². The van der Waals surface area contributed by atoms with Crippen LogP contribution in [0.4, 0.5) is 49.4 Å². The van der Waals surface area contributed by atoms with Gasteiger partial charge >= 0.3 is 18.3 Å². The van der Waals surface area contributed by atoms with Gasteiger partial charge in [0.05, 0.1) is 16.3 Å². The number of thioether (sulfide) groups is 1. The Morgan fingerprint density at radius 3 is 2.05 bits per heavy atom. The lowest BCUT2D eigenvalue weighted by molar-refractivity contribution is -0.192. The van der Waals surface area contributed by atoms with Gasteiger partial charge in [-0.25, -0.2) is 27.9 Å². The number of nitrogens with zero attached hydrogens (tertiary/aromatic N) is 2. The molecule has 39 heavy (non-hydrogen) atoms. The van der Waals surface area contributed by atoms with E-state index < -0.39 is 34.1 Å². The Labute approximate surface area is 227 Å². The Balaban J connectivity index is 0.000000673. The number of carboxylic acids is 1. The number of benzene rings is 2. The molecule has 0 amide bonds. The van der Waals surface area contributed by atoms with E-state index in [1.165, 1.54) is 37.6 Å². The Morgan fingerprint density at radius 2 is 1.54 bits per heavy atom. The molecule has 3 aromatic rings. The molecule has 2 aromatic carbocycles.